The average molecular weight is 264 g/mol. The van der Waals surface area contributed by atoms with Gasteiger partial charge in [-0.15, -0.1) is 0 Å². The first-order chi connectivity index (χ1) is 9.16. The van der Waals surface area contributed by atoms with E-state index in [0.29, 0.717) is 0 Å². The van der Waals surface area contributed by atoms with Gasteiger partial charge in [0.25, 0.3) is 0 Å². The zero-order chi connectivity index (χ0) is 13.7. The van der Waals surface area contributed by atoms with Gasteiger partial charge in [0, 0.05) is 18.4 Å². The van der Waals surface area contributed by atoms with Gasteiger partial charge in [0.05, 0.1) is 12.0 Å². The Labute approximate surface area is 114 Å². The molecule has 1 aromatic heterocycles. The van der Waals surface area contributed by atoms with Crippen LogP contribution >= 0.6 is 0 Å². The average Bonchev–Trinajstić information content (AvgIpc) is 2.92. The highest BCUT2D eigenvalue weighted by molar-refractivity contribution is 5.83. The zero-order valence-electron chi connectivity index (χ0n) is 11.9. The Kier molecular flexibility index (Phi) is 4.58. The number of carbonyl (C=O) groups is 1. The van der Waals surface area contributed by atoms with Gasteiger partial charge < -0.3 is 10.6 Å². The zero-order valence-corrected chi connectivity index (χ0v) is 11.9. The van der Waals surface area contributed by atoms with Crippen molar-refractivity contribution in [2.75, 3.05) is 13.1 Å². The Morgan fingerprint density at radius 2 is 2.26 bits per heavy atom. The normalized spacial score (nSPS) is 19.9. The summed E-state index contributed by atoms with van der Waals surface area (Å²) in [7, 11) is 0. The maximum absolute atomic E-state index is 12.5. The topological polar surface area (TPSA) is 59.0 Å². The van der Waals surface area contributed by atoms with Crippen LogP contribution in [0.15, 0.2) is 18.5 Å². The number of nitrogens with zero attached hydrogens (tertiary/aromatic N) is 2. The second-order valence-electron chi connectivity index (χ2n) is 5.49. The van der Waals surface area contributed by atoms with Crippen LogP contribution in [0, 0.1) is 5.41 Å². The highest BCUT2D eigenvalue weighted by Gasteiger charge is 2.38. The summed E-state index contributed by atoms with van der Waals surface area (Å²) in [6.45, 7) is 6.74. The lowest BCUT2D eigenvalue weighted by Crippen LogP contribution is -2.50. The molecule has 5 heteroatoms. The Balaban J connectivity index is 1.91. The van der Waals surface area contributed by atoms with Gasteiger partial charge in [-0.25, -0.2) is 0 Å². The number of nitrogens with one attached hydrogen (secondary N) is 2. The maximum atomic E-state index is 12.5. The fourth-order valence-corrected chi connectivity index (χ4v) is 2.76. The van der Waals surface area contributed by atoms with E-state index in [4.69, 9.17) is 0 Å². The van der Waals surface area contributed by atoms with Gasteiger partial charge in [0.2, 0.25) is 5.91 Å². The second-order valence-corrected chi connectivity index (χ2v) is 5.49. The fourth-order valence-electron chi connectivity index (χ4n) is 2.76. The van der Waals surface area contributed by atoms with Crippen molar-refractivity contribution in [3.63, 3.8) is 0 Å². The minimum Gasteiger partial charge on any atom is -0.351 e. The first-order valence-corrected chi connectivity index (χ1v) is 7.15. The third kappa shape index (κ3) is 3.35. The lowest BCUT2D eigenvalue weighted by molar-refractivity contribution is -0.133. The minimum absolute atomic E-state index is 0.103. The van der Waals surface area contributed by atoms with Crippen molar-refractivity contribution in [2.45, 2.75) is 45.7 Å². The Hall–Kier alpha value is -1.36. The summed E-state index contributed by atoms with van der Waals surface area (Å²) in [6.07, 6.45) is 6.46. The molecule has 0 aliphatic carbocycles. The van der Waals surface area contributed by atoms with E-state index in [1.54, 1.807) is 6.20 Å². The number of aromatic nitrogens is 2. The van der Waals surface area contributed by atoms with Gasteiger partial charge in [-0.2, -0.15) is 5.10 Å². The van der Waals surface area contributed by atoms with E-state index in [1.807, 2.05) is 23.9 Å². The molecule has 2 N–H and O–H groups in total. The van der Waals surface area contributed by atoms with Crippen LogP contribution in [-0.2, 0) is 11.3 Å². The van der Waals surface area contributed by atoms with Crippen molar-refractivity contribution in [2.24, 2.45) is 5.41 Å². The molecule has 1 aliphatic rings. The van der Waals surface area contributed by atoms with Gasteiger partial charge >= 0.3 is 0 Å². The standard InChI is InChI=1S/C14H24N4O/c1-3-14(5-8-15-9-6-14)13(19)17-12(2)11-18-10-4-7-16-18/h4,7,10,12,15H,3,5-6,8-9,11H2,1-2H3,(H,17,19). The molecule has 0 saturated carbocycles. The second kappa shape index (κ2) is 6.19. The number of carbonyl (C=O) groups excluding carboxylic acids is 1. The van der Waals surface area contributed by atoms with Crippen LogP contribution < -0.4 is 10.6 Å². The van der Waals surface area contributed by atoms with Gasteiger partial charge in [0.1, 0.15) is 0 Å². The predicted molar refractivity (Wildman–Crippen MR) is 74.7 cm³/mol. The van der Waals surface area contributed by atoms with E-state index >= 15 is 0 Å². The highest BCUT2D eigenvalue weighted by atomic mass is 16.2. The third-order valence-corrected chi connectivity index (χ3v) is 4.12. The number of amides is 1. The summed E-state index contributed by atoms with van der Waals surface area (Å²) in [5, 5.41) is 10.6. The van der Waals surface area contributed by atoms with Gasteiger partial charge in [0.15, 0.2) is 0 Å². The number of hydrogen-bond acceptors (Lipinski definition) is 3. The number of rotatable bonds is 5. The molecule has 2 heterocycles. The van der Waals surface area contributed by atoms with Crippen LogP contribution in [-0.4, -0.2) is 34.8 Å². The lowest BCUT2D eigenvalue weighted by Gasteiger charge is -2.36. The molecular formula is C14H24N4O. The molecule has 0 radical (unpaired) electrons. The van der Waals surface area contributed by atoms with E-state index in [0.717, 1.165) is 38.9 Å². The molecule has 1 fully saturated rings. The molecule has 1 aliphatic heterocycles. The molecule has 5 nitrogen and oxygen atoms in total. The molecule has 1 amide bonds. The van der Waals surface area contributed by atoms with E-state index in [9.17, 15) is 4.79 Å². The SMILES string of the molecule is CCC1(C(=O)NC(C)Cn2cccn2)CCNCC1. The highest BCUT2D eigenvalue weighted by Crippen LogP contribution is 2.32. The van der Waals surface area contributed by atoms with E-state index < -0.39 is 0 Å². The number of piperidine rings is 1. The van der Waals surface area contributed by atoms with E-state index in [2.05, 4.69) is 22.7 Å². The van der Waals surface area contributed by atoms with Crippen LogP contribution in [0.1, 0.15) is 33.1 Å². The van der Waals surface area contributed by atoms with Crippen LogP contribution in [0.5, 0.6) is 0 Å². The van der Waals surface area contributed by atoms with Crippen molar-refractivity contribution in [3.8, 4) is 0 Å². The Morgan fingerprint density at radius 1 is 1.53 bits per heavy atom. The molecule has 1 unspecified atom stereocenters. The van der Waals surface area contributed by atoms with Crippen molar-refractivity contribution in [3.05, 3.63) is 18.5 Å². The molecule has 106 valence electrons. The quantitative estimate of drug-likeness (QED) is 0.839. The van der Waals surface area contributed by atoms with Crippen molar-refractivity contribution >= 4 is 5.91 Å². The molecule has 2 rings (SSSR count). The van der Waals surface area contributed by atoms with Crippen molar-refractivity contribution in [1.82, 2.24) is 20.4 Å². The van der Waals surface area contributed by atoms with Crippen LogP contribution in [0.2, 0.25) is 0 Å². The summed E-state index contributed by atoms with van der Waals surface area (Å²) in [4.78, 5) is 12.5. The van der Waals surface area contributed by atoms with Crippen molar-refractivity contribution < 1.29 is 4.79 Å². The fraction of sp³-hybridized carbons (Fsp3) is 0.714. The molecule has 0 bridgehead atoms. The molecule has 0 spiro atoms. The summed E-state index contributed by atoms with van der Waals surface area (Å²) in [5.74, 6) is 0.205. The monoisotopic (exact) mass is 264 g/mol. The molecular weight excluding hydrogens is 240 g/mol. The lowest BCUT2D eigenvalue weighted by atomic mass is 9.75. The van der Waals surface area contributed by atoms with Crippen molar-refractivity contribution in [1.29, 1.82) is 0 Å². The molecule has 0 aromatic carbocycles. The smallest absolute Gasteiger partial charge is 0.226 e. The van der Waals surface area contributed by atoms with Crippen LogP contribution in [0.25, 0.3) is 0 Å². The summed E-state index contributed by atoms with van der Waals surface area (Å²) in [5.41, 5.74) is -0.177. The summed E-state index contributed by atoms with van der Waals surface area (Å²) >= 11 is 0. The van der Waals surface area contributed by atoms with Crippen LogP contribution in [0.4, 0.5) is 0 Å². The predicted octanol–water partition coefficient (Wildman–Crippen LogP) is 1.17. The third-order valence-electron chi connectivity index (χ3n) is 4.12. The molecule has 1 atom stereocenters. The minimum atomic E-state index is -0.177. The summed E-state index contributed by atoms with van der Waals surface area (Å²) < 4.78 is 1.85. The van der Waals surface area contributed by atoms with Gasteiger partial charge in [-0.1, -0.05) is 6.92 Å². The Morgan fingerprint density at radius 3 is 2.84 bits per heavy atom. The van der Waals surface area contributed by atoms with Gasteiger partial charge in [-0.3, -0.25) is 9.48 Å². The Bertz CT molecular complexity index is 396. The maximum Gasteiger partial charge on any atom is 0.226 e. The molecule has 1 aromatic rings. The summed E-state index contributed by atoms with van der Waals surface area (Å²) in [6, 6.07) is 2.00. The van der Waals surface area contributed by atoms with Crippen LogP contribution in [0.3, 0.4) is 0 Å². The molecule has 19 heavy (non-hydrogen) atoms. The van der Waals surface area contributed by atoms with Gasteiger partial charge in [-0.05, 0) is 45.3 Å². The number of hydrogen-bond donors (Lipinski definition) is 2. The van der Waals surface area contributed by atoms with E-state index in [-0.39, 0.29) is 17.4 Å². The first kappa shape index (κ1) is 14.1. The molecule has 1 saturated heterocycles. The first-order valence-electron chi connectivity index (χ1n) is 7.15. The largest absolute Gasteiger partial charge is 0.351 e. The van der Waals surface area contributed by atoms with E-state index in [1.165, 1.54) is 0 Å².